The molecule has 11 heteroatoms. The lowest BCUT2D eigenvalue weighted by Crippen LogP contribution is -2.25. The SMILES string of the molecule is CN(C)C/C=C1\CCN(c2ccc3ncnc(Nc4ccc(Oc5ccc6c(c5)ncn6C)c(F)c4)c3n2)C1=O. The van der Waals surface area contributed by atoms with Crippen LogP contribution in [0.15, 0.2) is 72.8 Å². The Bertz CT molecular complexity index is 1780. The number of ether oxygens (including phenoxy) is 1. The normalized spacial score (nSPS) is 14.7. The minimum Gasteiger partial charge on any atom is -0.454 e. The minimum atomic E-state index is -0.544. The number of benzene rings is 2. The predicted molar refractivity (Wildman–Crippen MR) is 151 cm³/mol. The zero-order valence-corrected chi connectivity index (χ0v) is 22.3. The molecule has 0 aliphatic carbocycles. The van der Waals surface area contributed by atoms with E-state index in [0.29, 0.717) is 53.6 Å². The summed E-state index contributed by atoms with van der Waals surface area (Å²) in [5.41, 5.74) is 4.03. The van der Waals surface area contributed by atoms with Crippen LogP contribution in [0, 0.1) is 5.82 Å². The number of rotatable bonds is 7. The number of halogens is 1. The number of nitrogens with zero attached hydrogens (tertiary/aromatic N) is 7. The van der Waals surface area contributed by atoms with Crippen molar-refractivity contribution in [2.75, 3.05) is 37.4 Å². The van der Waals surface area contributed by atoms with Gasteiger partial charge in [0.05, 0.1) is 22.9 Å². The van der Waals surface area contributed by atoms with Crippen molar-refractivity contribution in [1.29, 1.82) is 0 Å². The Morgan fingerprint density at radius 3 is 2.77 bits per heavy atom. The summed E-state index contributed by atoms with van der Waals surface area (Å²) in [5, 5.41) is 3.13. The first-order chi connectivity index (χ1) is 19.4. The summed E-state index contributed by atoms with van der Waals surface area (Å²) in [6, 6.07) is 13.6. The third kappa shape index (κ3) is 4.94. The number of fused-ring (bicyclic) bond motifs is 2. The lowest BCUT2D eigenvalue weighted by molar-refractivity contribution is -0.114. The topological polar surface area (TPSA) is 101 Å². The summed E-state index contributed by atoms with van der Waals surface area (Å²) >= 11 is 0. The number of pyridine rings is 1. The van der Waals surface area contributed by atoms with E-state index in [1.807, 2.05) is 42.8 Å². The number of nitrogens with one attached hydrogen (secondary N) is 1. The van der Waals surface area contributed by atoms with Crippen molar-refractivity contribution in [1.82, 2.24) is 29.4 Å². The van der Waals surface area contributed by atoms with Gasteiger partial charge < -0.3 is 19.5 Å². The van der Waals surface area contributed by atoms with Crippen LogP contribution in [0.2, 0.25) is 0 Å². The Balaban J connectivity index is 1.23. The number of hydrogen-bond acceptors (Lipinski definition) is 8. The number of amides is 1. The van der Waals surface area contributed by atoms with E-state index in [4.69, 9.17) is 9.72 Å². The van der Waals surface area contributed by atoms with Gasteiger partial charge in [-0.1, -0.05) is 6.08 Å². The fraction of sp³-hybridized carbons (Fsp3) is 0.207. The zero-order valence-electron chi connectivity index (χ0n) is 22.3. The highest BCUT2D eigenvalue weighted by Gasteiger charge is 2.28. The van der Waals surface area contributed by atoms with Crippen molar-refractivity contribution in [2.24, 2.45) is 7.05 Å². The van der Waals surface area contributed by atoms with Gasteiger partial charge >= 0.3 is 0 Å². The van der Waals surface area contributed by atoms with E-state index >= 15 is 4.39 Å². The van der Waals surface area contributed by atoms with E-state index in [1.165, 1.54) is 12.4 Å². The van der Waals surface area contributed by atoms with E-state index in [0.717, 1.165) is 16.6 Å². The highest BCUT2D eigenvalue weighted by molar-refractivity contribution is 6.08. The lowest BCUT2D eigenvalue weighted by Gasteiger charge is -2.16. The highest BCUT2D eigenvalue weighted by Crippen LogP contribution is 2.31. The van der Waals surface area contributed by atoms with Crippen molar-refractivity contribution in [3.05, 3.63) is 78.7 Å². The third-order valence-electron chi connectivity index (χ3n) is 6.69. The Labute approximate surface area is 229 Å². The van der Waals surface area contributed by atoms with Crippen LogP contribution in [0.3, 0.4) is 0 Å². The van der Waals surface area contributed by atoms with Crippen LogP contribution in [-0.4, -0.2) is 62.5 Å². The van der Waals surface area contributed by atoms with Gasteiger partial charge in [-0.05, 0) is 56.9 Å². The van der Waals surface area contributed by atoms with E-state index in [-0.39, 0.29) is 11.7 Å². The third-order valence-corrected chi connectivity index (χ3v) is 6.69. The number of likely N-dealkylation sites (N-methyl/N-ethyl adjacent to an activating group) is 1. The van der Waals surface area contributed by atoms with Gasteiger partial charge in [-0.15, -0.1) is 0 Å². The molecule has 2 aromatic carbocycles. The van der Waals surface area contributed by atoms with Crippen molar-refractivity contribution in [3.63, 3.8) is 0 Å². The lowest BCUT2D eigenvalue weighted by atomic mass is 10.2. The summed E-state index contributed by atoms with van der Waals surface area (Å²) in [5.74, 6) is 0.886. The number of carbonyl (C=O) groups excluding carboxylic acids is 1. The second kappa shape index (κ2) is 10.3. The van der Waals surface area contributed by atoms with Gasteiger partial charge in [-0.2, -0.15) is 0 Å². The Morgan fingerprint density at radius 2 is 1.95 bits per heavy atom. The average molecular weight is 539 g/mol. The summed E-state index contributed by atoms with van der Waals surface area (Å²) in [6.07, 6.45) is 5.75. The maximum Gasteiger partial charge on any atom is 0.255 e. The second-order valence-electron chi connectivity index (χ2n) is 9.84. The van der Waals surface area contributed by atoms with Crippen LogP contribution in [0.25, 0.3) is 22.1 Å². The smallest absolute Gasteiger partial charge is 0.255 e. The summed E-state index contributed by atoms with van der Waals surface area (Å²) in [7, 11) is 5.83. The molecule has 40 heavy (non-hydrogen) atoms. The summed E-state index contributed by atoms with van der Waals surface area (Å²) < 4.78 is 22.7. The van der Waals surface area contributed by atoms with E-state index < -0.39 is 5.82 Å². The molecule has 0 radical (unpaired) electrons. The van der Waals surface area contributed by atoms with E-state index in [9.17, 15) is 4.79 Å². The number of carbonyl (C=O) groups is 1. The summed E-state index contributed by atoms with van der Waals surface area (Å²) in [4.78, 5) is 34.3. The number of aryl methyl sites for hydroxylation is 1. The largest absolute Gasteiger partial charge is 0.454 e. The molecule has 1 saturated heterocycles. The predicted octanol–water partition coefficient (Wildman–Crippen LogP) is 4.81. The van der Waals surface area contributed by atoms with Crippen LogP contribution in [0.1, 0.15) is 6.42 Å². The number of imidazole rings is 1. The first-order valence-electron chi connectivity index (χ1n) is 12.8. The molecular formula is C29H27FN8O2. The molecule has 10 nitrogen and oxygen atoms in total. The van der Waals surface area contributed by atoms with Gasteiger partial charge in [-0.3, -0.25) is 9.69 Å². The number of hydrogen-bond donors (Lipinski definition) is 1. The van der Waals surface area contributed by atoms with Crippen LogP contribution < -0.4 is 15.0 Å². The average Bonchev–Trinajstić information content (AvgIpc) is 3.50. The first kappa shape index (κ1) is 25.4. The molecule has 1 fully saturated rings. The monoisotopic (exact) mass is 538 g/mol. The number of anilines is 3. The highest BCUT2D eigenvalue weighted by atomic mass is 19.1. The molecule has 4 heterocycles. The molecule has 0 saturated carbocycles. The van der Waals surface area contributed by atoms with Gasteiger partial charge in [0, 0.05) is 43.5 Å². The standard InChI is InChI=1S/C29H27FN8O2/c1-36(2)12-10-18-11-13-38(29(18)39)26-9-6-22-27(35-26)28(32-16-31-22)34-19-4-8-25(21(30)14-19)40-20-5-7-24-23(15-20)33-17-37(24)3/h4-10,14-17H,11-13H2,1-3H3,(H,31,32,34)/b18-10+. The van der Waals surface area contributed by atoms with Crippen LogP contribution >= 0.6 is 0 Å². The zero-order chi connectivity index (χ0) is 27.8. The molecule has 5 aromatic rings. The van der Waals surface area contributed by atoms with Gasteiger partial charge in [-0.25, -0.2) is 24.3 Å². The fourth-order valence-electron chi connectivity index (χ4n) is 4.59. The van der Waals surface area contributed by atoms with Crippen LogP contribution in [-0.2, 0) is 11.8 Å². The molecule has 0 spiro atoms. The van der Waals surface area contributed by atoms with Gasteiger partial charge in [0.25, 0.3) is 5.91 Å². The Hall–Kier alpha value is -4.90. The molecule has 1 aliphatic rings. The van der Waals surface area contributed by atoms with Crippen molar-refractivity contribution >= 4 is 45.3 Å². The quantitative estimate of drug-likeness (QED) is 0.295. The van der Waals surface area contributed by atoms with Gasteiger partial charge in [0.15, 0.2) is 17.4 Å². The molecule has 3 aromatic heterocycles. The molecule has 0 unspecified atom stereocenters. The molecule has 1 aliphatic heterocycles. The van der Waals surface area contributed by atoms with Crippen molar-refractivity contribution in [2.45, 2.75) is 6.42 Å². The maximum atomic E-state index is 15.0. The molecule has 0 bridgehead atoms. The second-order valence-corrected chi connectivity index (χ2v) is 9.84. The van der Waals surface area contributed by atoms with Crippen LogP contribution in [0.5, 0.6) is 11.5 Å². The first-order valence-corrected chi connectivity index (χ1v) is 12.8. The Kier molecular flexibility index (Phi) is 6.56. The molecule has 6 rings (SSSR count). The minimum absolute atomic E-state index is 0.0556. The maximum absolute atomic E-state index is 15.0. The fourth-order valence-corrected chi connectivity index (χ4v) is 4.59. The summed E-state index contributed by atoms with van der Waals surface area (Å²) in [6.45, 7) is 1.24. The molecule has 1 N–H and O–H groups in total. The van der Waals surface area contributed by atoms with E-state index in [1.54, 1.807) is 47.6 Å². The van der Waals surface area contributed by atoms with Crippen molar-refractivity contribution in [3.8, 4) is 11.5 Å². The molecule has 202 valence electrons. The van der Waals surface area contributed by atoms with Crippen LogP contribution in [0.4, 0.5) is 21.7 Å². The Morgan fingerprint density at radius 1 is 1.07 bits per heavy atom. The van der Waals surface area contributed by atoms with Gasteiger partial charge in [0.2, 0.25) is 0 Å². The van der Waals surface area contributed by atoms with E-state index in [2.05, 4.69) is 20.3 Å². The molecule has 1 amide bonds. The molecular weight excluding hydrogens is 511 g/mol. The van der Waals surface area contributed by atoms with Gasteiger partial charge in [0.1, 0.15) is 23.4 Å². The molecule has 0 atom stereocenters. The van der Waals surface area contributed by atoms with Crippen molar-refractivity contribution < 1.29 is 13.9 Å². The number of aromatic nitrogens is 5.